The van der Waals surface area contributed by atoms with Gasteiger partial charge in [0.25, 0.3) is 0 Å². The fraction of sp³-hybridized carbons (Fsp3) is 0.182. The number of aryl methyl sites for hydroxylation is 2. The van der Waals surface area contributed by atoms with Crippen LogP contribution in [0.3, 0.4) is 0 Å². The van der Waals surface area contributed by atoms with Crippen molar-refractivity contribution in [3.05, 3.63) is 40.4 Å². The van der Waals surface area contributed by atoms with Gasteiger partial charge in [0.1, 0.15) is 5.82 Å². The Bertz CT molecular complexity index is 506. The molecule has 2 aromatic heterocycles. The van der Waals surface area contributed by atoms with Crippen LogP contribution >= 0.6 is 11.3 Å². The van der Waals surface area contributed by atoms with Crippen LogP contribution in [0.5, 0.6) is 0 Å². The van der Waals surface area contributed by atoms with Crippen molar-refractivity contribution >= 4 is 23.2 Å². The summed E-state index contributed by atoms with van der Waals surface area (Å²) in [6.45, 7) is 1.92. The van der Waals surface area contributed by atoms with Crippen LogP contribution in [-0.4, -0.2) is 20.3 Å². The number of carbonyl (C=O) groups excluding carboxylic acids is 1. The Kier molecular flexibility index (Phi) is 2.96. The number of carbonyl (C=O) groups is 1. The standard InChI is InChI=1S/C11H11N3OS/c1-8-13-9(7-14(8)2)3-4-10(15)11-12-5-6-16-11/h3-7H,1-2H3/b4-3+. The third kappa shape index (κ3) is 2.25. The lowest BCUT2D eigenvalue weighted by molar-refractivity contribution is 0.104. The van der Waals surface area contributed by atoms with Gasteiger partial charge < -0.3 is 4.57 Å². The highest BCUT2D eigenvalue weighted by Crippen LogP contribution is 2.08. The van der Waals surface area contributed by atoms with Gasteiger partial charge in [0.15, 0.2) is 5.01 Å². The molecule has 0 unspecified atom stereocenters. The lowest BCUT2D eigenvalue weighted by Gasteiger charge is -1.87. The van der Waals surface area contributed by atoms with Gasteiger partial charge in [-0.05, 0) is 19.1 Å². The zero-order valence-corrected chi connectivity index (χ0v) is 9.86. The van der Waals surface area contributed by atoms with Gasteiger partial charge in [0.2, 0.25) is 5.78 Å². The van der Waals surface area contributed by atoms with Crippen molar-refractivity contribution in [3.63, 3.8) is 0 Å². The SMILES string of the molecule is Cc1nc(/C=C/C(=O)c2nccs2)cn1C. The molecule has 4 nitrogen and oxygen atoms in total. The predicted molar refractivity (Wildman–Crippen MR) is 63.4 cm³/mol. The van der Waals surface area contributed by atoms with E-state index in [4.69, 9.17) is 0 Å². The van der Waals surface area contributed by atoms with E-state index in [1.807, 2.05) is 24.7 Å². The van der Waals surface area contributed by atoms with Crippen molar-refractivity contribution < 1.29 is 4.79 Å². The quantitative estimate of drug-likeness (QED) is 0.602. The molecule has 2 heterocycles. The number of hydrogen-bond acceptors (Lipinski definition) is 4. The van der Waals surface area contributed by atoms with E-state index < -0.39 is 0 Å². The van der Waals surface area contributed by atoms with Crippen molar-refractivity contribution in [2.75, 3.05) is 0 Å². The predicted octanol–water partition coefficient (Wildman–Crippen LogP) is 2.08. The van der Waals surface area contributed by atoms with Crippen molar-refractivity contribution in [1.82, 2.24) is 14.5 Å². The van der Waals surface area contributed by atoms with Gasteiger partial charge in [0.05, 0.1) is 5.69 Å². The number of nitrogens with zero attached hydrogens (tertiary/aromatic N) is 3. The summed E-state index contributed by atoms with van der Waals surface area (Å²) in [4.78, 5) is 19.8. The van der Waals surface area contributed by atoms with Crippen LogP contribution in [0, 0.1) is 6.92 Å². The molecule has 0 aliphatic heterocycles. The highest BCUT2D eigenvalue weighted by Gasteiger charge is 2.04. The molecule has 0 spiro atoms. The second-order valence-corrected chi connectivity index (χ2v) is 4.25. The van der Waals surface area contributed by atoms with Gasteiger partial charge in [-0.1, -0.05) is 0 Å². The molecule has 0 radical (unpaired) electrons. The first-order valence-corrected chi connectivity index (χ1v) is 5.66. The van der Waals surface area contributed by atoms with E-state index >= 15 is 0 Å². The Morgan fingerprint density at radius 3 is 2.94 bits per heavy atom. The molecule has 0 aromatic carbocycles. The minimum atomic E-state index is -0.0849. The van der Waals surface area contributed by atoms with Gasteiger partial charge >= 0.3 is 0 Å². The normalized spacial score (nSPS) is 11.1. The summed E-state index contributed by atoms with van der Waals surface area (Å²) in [5, 5.41) is 2.29. The van der Waals surface area contributed by atoms with Gasteiger partial charge in [-0.25, -0.2) is 9.97 Å². The molecule has 0 saturated carbocycles. The number of ketones is 1. The molecule has 16 heavy (non-hydrogen) atoms. The maximum absolute atomic E-state index is 11.6. The minimum absolute atomic E-state index is 0.0849. The van der Waals surface area contributed by atoms with Crippen LogP contribution < -0.4 is 0 Å². The van der Waals surface area contributed by atoms with E-state index in [1.165, 1.54) is 17.4 Å². The third-order valence-corrected chi connectivity index (χ3v) is 2.96. The molecular weight excluding hydrogens is 222 g/mol. The van der Waals surface area contributed by atoms with Crippen LogP contribution in [0.25, 0.3) is 6.08 Å². The number of rotatable bonds is 3. The van der Waals surface area contributed by atoms with Gasteiger partial charge in [0, 0.05) is 24.8 Å². The van der Waals surface area contributed by atoms with E-state index in [-0.39, 0.29) is 5.78 Å². The summed E-state index contributed by atoms with van der Waals surface area (Å²) >= 11 is 1.34. The topological polar surface area (TPSA) is 47.8 Å². The first-order valence-electron chi connectivity index (χ1n) is 4.78. The summed E-state index contributed by atoms with van der Waals surface area (Å²) in [5.74, 6) is 0.833. The zero-order valence-electron chi connectivity index (χ0n) is 9.04. The Morgan fingerprint density at radius 2 is 2.38 bits per heavy atom. The lowest BCUT2D eigenvalue weighted by Crippen LogP contribution is -1.91. The molecule has 0 aliphatic rings. The number of hydrogen-bond donors (Lipinski definition) is 0. The maximum Gasteiger partial charge on any atom is 0.214 e. The second-order valence-electron chi connectivity index (χ2n) is 3.36. The highest BCUT2D eigenvalue weighted by atomic mass is 32.1. The molecule has 0 saturated heterocycles. The summed E-state index contributed by atoms with van der Waals surface area (Å²) in [5.41, 5.74) is 0.782. The minimum Gasteiger partial charge on any atom is -0.338 e. The van der Waals surface area contributed by atoms with Crippen LogP contribution in [0.4, 0.5) is 0 Å². The second kappa shape index (κ2) is 4.40. The van der Waals surface area contributed by atoms with Crippen LogP contribution in [-0.2, 0) is 7.05 Å². The van der Waals surface area contributed by atoms with E-state index in [0.717, 1.165) is 11.5 Å². The molecule has 82 valence electrons. The monoisotopic (exact) mass is 233 g/mol. The molecular formula is C11H11N3OS. The van der Waals surface area contributed by atoms with Crippen molar-refractivity contribution in [3.8, 4) is 0 Å². The zero-order chi connectivity index (χ0) is 11.5. The van der Waals surface area contributed by atoms with Gasteiger partial charge in [-0.2, -0.15) is 0 Å². The first-order chi connectivity index (χ1) is 7.66. The van der Waals surface area contributed by atoms with Crippen molar-refractivity contribution in [1.29, 1.82) is 0 Å². The first kappa shape index (κ1) is 10.8. The molecule has 0 bridgehead atoms. The highest BCUT2D eigenvalue weighted by molar-refractivity contribution is 7.11. The largest absolute Gasteiger partial charge is 0.338 e. The number of aromatic nitrogens is 3. The Morgan fingerprint density at radius 1 is 1.56 bits per heavy atom. The smallest absolute Gasteiger partial charge is 0.214 e. The van der Waals surface area contributed by atoms with E-state index in [0.29, 0.717) is 5.01 Å². The average molecular weight is 233 g/mol. The molecule has 2 rings (SSSR count). The molecule has 0 fully saturated rings. The Balaban J connectivity index is 2.13. The molecule has 0 atom stereocenters. The number of thiazole rings is 1. The van der Waals surface area contributed by atoms with Crippen molar-refractivity contribution in [2.24, 2.45) is 7.05 Å². The van der Waals surface area contributed by atoms with Crippen LogP contribution in [0.2, 0.25) is 0 Å². The average Bonchev–Trinajstić information content (AvgIpc) is 2.86. The van der Waals surface area contributed by atoms with Gasteiger partial charge in [-0.15, -0.1) is 11.3 Å². The Hall–Kier alpha value is -1.75. The molecule has 0 N–H and O–H groups in total. The van der Waals surface area contributed by atoms with Crippen LogP contribution in [0.15, 0.2) is 23.8 Å². The third-order valence-electron chi connectivity index (χ3n) is 2.18. The number of allylic oxidation sites excluding steroid dienone is 1. The maximum atomic E-state index is 11.6. The summed E-state index contributed by atoms with van der Waals surface area (Å²) in [6, 6.07) is 0. The number of imidazole rings is 1. The lowest BCUT2D eigenvalue weighted by atomic mass is 10.3. The summed E-state index contributed by atoms with van der Waals surface area (Å²) in [7, 11) is 1.92. The molecule has 0 amide bonds. The molecule has 5 heteroatoms. The Labute approximate surface area is 97.3 Å². The van der Waals surface area contributed by atoms with Gasteiger partial charge in [-0.3, -0.25) is 4.79 Å². The summed E-state index contributed by atoms with van der Waals surface area (Å²) in [6.07, 6.45) is 6.70. The van der Waals surface area contributed by atoms with Crippen molar-refractivity contribution in [2.45, 2.75) is 6.92 Å². The van der Waals surface area contributed by atoms with E-state index in [2.05, 4.69) is 9.97 Å². The van der Waals surface area contributed by atoms with Crippen LogP contribution in [0.1, 0.15) is 21.3 Å². The van der Waals surface area contributed by atoms with E-state index in [9.17, 15) is 4.79 Å². The fourth-order valence-electron chi connectivity index (χ4n) is 1.24. The summed E-state index contributed by atoms with van der Waals surface area (Å²) < 4.78 is 1.91. The molecule has 0 aliphatic carbocycles. The fourth-order valence-corrected chi connectivity index (χ4v) is 1.80. The molecule has 2 aromatic rings. The van der Waals surface area contributed by atoms with E-state index in [1.54, 1.807) is 17.7 Å².